The van der Waals surface area contributed by atoms with Crippen molar-refractivity contribution in [3.05, 3.63) is 29.2 Å². The van der Waals surface area contributed by atoms with Crippen LogP contribution in [0.25, 0.3) is 11.3 Å². The lowest BCUT2D eigenvalue weighted by atomic mass is 9.96. The van der Waals surface area contributed by atoms with E-state index in [4.69, 9.17) is 5.11 Å². The van der Waals surface area contributed by atoms with Crippen molar-refractivity contribution >= 4 is 5.97 Å². The van der Waals surface area contributed by atoms with E-state index in [1.165, 1.54) is 0 Å². The number of carbonyl (C=O) groups is 1. The Balaban J connectivity index is 2.20. The number of carboxylic acid groups (broad SMARTS) is 1. The summed E-state index contributed by atoms with van der Waals surface area (Å²) >= 11 is 0. The van der Waals surface area contributed by atoms with Gasteiger partial charge in [-0.05, 0) is 24.5 Å². The molecule has 5 nitrogen and oxygen atoms in total. The van der Waals surface area contributed by atoms with E-state index in [2.05, 4.69) is 15.2 Å². The predicted molar refractivity (Wildman–Crippen MR) is 52.7 cm³/mol. The second-order valence-corrected chi connectivity index (χ2v) is 3.65. The van der Waals surface area contributed by atoms with Crippen molar-refractivity contribution in [3.63, 3.8) is 0 Å². The van der Waals surface area contributed by atoms with Gasteiger partial charge in [-0.25, -0.2) is 4.79 Å². The summed E-state index contributed by atoms with van der Waals surface area (Å²) in [6.45, 7) is 0. The van der Waals surface area contributed by atoms with Crippen LogP contribution in [-0.4, -0.2) is 26.3 Å². The molecule has 0 aliphatic heterocycles. The number of nitrogens with zero attached hydrogens (tertiary/aromatic N) is 1. The summed E-state index contributed by atoms with van der Waals surface area (Å²) < 4.78 is 0. The lowest BCUT2D eigenvalue weighted by Gasteiger charge is -2.10. The molecule has 0 saturated carbocycles. The fourth-order valence-electron chi connectivity index (χ4n) is 2.03. The highest BCUT2D eigenvalue weighted by atomic mass is 16.4. The number of hydrogen-bond acceptors (Lipinski definition) is 2. The van der Waals surface area contributed by atoms with Crippen LogP contribution in [0.1, 0.15) is 21.7 Å². The molecule has 2 aromatic rings. The van der Waals surface area contributed by atoms with Gasteiger partial charge in [0.2, 0.25) is 0 Å². The van der Waals surface area contributed by atoms with Crippen molar-refractivity contribution in [1.29, 1.82) is 0 Å². The van der Waals surface area contributed by atoms with Crippen LogP contribution >= 0.6 is 0 Å². The minimum absolute atomic E-state index is 0.238. The number of aromatic carboxylic acids is 1. The second-order valence-electron chi connectivity index (χ2n) is 3.65. The van der Waals surface area contributed by atoms with Crippen molar-refractivity contribution in [1.82, 2.24) is 15.2 Å². The van der Waals surface area contributed by atoms with E-state index in [1.807, 2.05) is 0 Å². The molecule has 0 bridgehead atoms. The molecule has 2 heterocycles. The molecule has 0 spiro atoms. The third kappa shape index (κ3) is 1.09. The monoisotopic (exact) mass is 203 g/mol. The summed E-state index contributed by atoms with van der Waals surface area (Å²) in [7, 11) is 0. The van der Waals surface area contributed by atoms with E-state index in [0.29, 0.717) is 0 Å². The molecule has 5 heteroatoms. The highest BCUT2D eigenvalue weighted by molar-refractivity contribution is 5.88. The number of fused-ring (bicyclic) bond motifs is 3. The molecule has 0 atom stereocenters. The summed E-state index contributed by atoms with van der Waals surface area (Å²) in [5.41, 5.74) is 4.25. The molecular formula is C10H9N3O2. The third-order valence-corrected chi connectivity index (χ3v) is 2.76. The maximum absolute atomic E-state index is 10.8. The van der Waals surface area contributed by atoms with E-state index in [9.17, 15) is 4.79 Å². The Labute approximate surface area is 85.1 Å². The van der Waals surface area contributed by atoms with Crippen LogP contribution in [0.3, 0.4) is 0 Å². The third-order valence-electron chi connectivity index (χ3n) is 2.76. The highest BCUT2D eigenvalue weighted by Crippen LogP contribution is 2.31. The minimum atomic E-state index is -0.925. The summed E-state index contributed by atoms with van der Waals surface area (Å²) in [4.78, 5) is 13.7. The van der Waals surface area contributed by atoms with Crippen LogP contribution < -0.4 is 0 Å². The molecule has 0 aromatic carbocycles. The van der Waals surface area contributed by atoms with Crippen molar-refractivity contribution in [2.75, 3.05) is 0 Å². The van der Waals surface area contributed by atoms with Crippen LogP contribution in [0.15, 0.2) is 12.3 Å². The van der Waals surface area contributed by atoms with Crippen LogP contribution in [0.5, 0.6) is 0 Å². The fraction of sp³-hybridized carbons (Fsp3) is 0.200. The van der Waals surface area contributed by atoms with Gasteiger partial charge in [-0.15, -0.1) is 0 Å². The quantitative estimate of drug-likeness (QED) is 0.651. The van der Waals surface area contributed by atoms with Gasteiger partial charge in [0, 0.05) is 11.3 Å². The summed E-state index contributed by atoms with van der Waals surface area (Å²) in [5, 5.41) is 15.7. The number of aromatic nitrogens is 3. The molecule has 0 saturated heterocycles. The number of aromatic amines is 2. The largest absolute Gasteiger partial charge is 0.477 e. The van der Waals surface area contributed by atoms with Gasteiger partial charge in [-0.3, -0.25) is 5.10 Å². The summed E-state index contributed by atoms with van der Waals surface area (Å²) in [6.07, 6.45) is 3.54. The van der Waals surface area contributed by atoms with Gasteiger partial charge in [0.05, 0.1) is 11.9 Å². The van der Waals surface area contributed by atoms with E-state index in [-0.39, 0.29) is 5.69 Å². The normalized spacial score (nSPS) is 13.3. The Bertz CT molecular complexity index is 539. The molecule has 1 aliphatic rings. The van der Waals surface area contributed by atoms with Crippen molar-refractivity contribution in [2.24, 2.45) is 0 Å². The standard InChI is InChI=1S/C10H9N3O2/c14-10(15)8-3-6-7(12-8)2-1-5-4-11-13-9(5)6/h3-4,12H,1-2H2,(H,11,13)(H,14,15). The molecule has 3 N–H and O–H groups in total. The smallest absolute Gasteiger partial charge is 0.352 e. The van der Waals surface area contributed by atoms with Crippen molar-refractivity contribution < 1.29 is 9.90 Å². The lowest BCUT2D eigenvalue weighted by molar-refractivity contribution is 0.0691. The average Bonchev–Trinajstić information content (AvgIpc) is 2.82. The van der Waals surface area contributed by atoms with Gasteiger partial charge in [-0.1, -0.05) is 0 Å². The molecule has 0 fully saturated rings. The Morgan fingerprint density at radius 3 is 3.13 bits per heavy atom. The van der Waals surface area contributed by atoms with Crippen LogP contribution in [0, 0.1) is 0 Å². The van der Waals surface area contributed by atoms with Gasteiger partial charge in [0.25, 0.3) is 0 Å². The average molecular weight is 203 g/mol. The summed E-state index contributed by atoms with van der Waals surface area (Å²) in [6, 6.07) is 1.66. The van der Waals surface area contributed by atoms with E-state index < -0.39 is 5.97 Å². The molecular weight excluding hydrogens is 194 g/mol. The molecule has 76 valence electrons. The van der Waals surface area contributed by atoms with Crippen LogP contribution in [0.2, 0.25) is 0 Å². The number of aryl methyl sites for hydroxylation is 2. The molecule has 0 unspecified atom stereocenters. The number of rotatable bonds is 1. The fourth-order valence-corrected chi connectivity index (χ4v) is 2.03. The van der Waals surface area contributed by atoms with E-state index in [1.54, 1.807) is 12.3 Å². The predicted octanol–water partition coefficient (Wildman–Crippen LogP) is 1.20. The first kappa shape index (κ1) is 8.28. The topological polar surface area (TPSA) is 81.8 Å². The molecule has 0 radical (unpaired) electrons. The molecule has 1 aliphatic carbocycles. The minimum Gasteiger partial charge on any atom is -0.477 e. The molecule has 0 amide bonds. The maximum Gasteiger partial charge on any atom is 0.352 e. The first-order chi connectivity index (χ1) is 7.25. The maximum atomic E-state index is 10.8. The van der Waals surface area contributed by atoms with Crippen molar-refractivity contribution in [3.8, 4) is 11.3 Å². The van der Waals surface area contributed by atoms with Gasteiger partial charge in [-0.2, -0.15) is 5.10 Å². The molecule has 15 heavy (non-hydrogen) atoms. The van der Waals surface area contributed by atoms with Gasteiger partial charge < -0.3 is 10.1 Å². The SMILES string of the molecule is O=C(O)c1cc2c([nH]1)CCc1cn[nH]c1-2. The van der Waals surface area contributed by atoms with E-state index >= 15 is 0 Å². The first-order valence-electron chi connectivity index (χ1n) is 4.73. The molecule has 3 rings (SSSR count). The van der Waals surface area contributed by atoms with Crippen LogP contribution in [-0.2, 0) is 12.8 Å². The van der Waals surface area contributed by atoms with Gasteiger partial charge >= 0.3 is 5.97 Å². The Morgan fingerprint density at radius 1 is 1.47 bits per heavy atom. The highest BCUT2D eigenvalue weighted by Gasteiger charge is 2.21. The second kappa shape index (κ2) is 2.73. The Hall–Kier alpha value is -2.04. The van der Waals surface area contributed by atoms with Crippen molar-refractivity contribution in [2.45, 2.75) is 12.8 Å². The summed E-state index contributed by atoms with van der Waals surface area (Å²) in [5.74, 6) is -0.925. The van der Waals surface area contributed by atoms with Gasteiger partial charge in [0.15, 0.2) is 0 Å². The van der Waals surface area contributed by atoms with Crippen LogP contribution in [0.4, 0.5) is 0 Å². The zero-order valence-electron chi connectivity index (χ0n) is 7.87. The number of H-pyrrole nitrogens is 2. The Morgan fingerprint density at radius 2 is 2.33 bits per heavy atom. The number of hydrogen-bond donors (Lipinski definition) is 3. The molecule has 2 aromatic heterocycles. The zero-order valence-corrected chi connectivity index (χ0v) is 7.87. The lowest BCUT2D eigenvalue weighted by Crippen LogP contribution is -2.01. The van der Waals surface area contributed by atoms with Gasteiger partial charge in [0.1, 0.15) is 5.69 Å². The number of nitrogens with one attached hydrogen (secondary N) is 2. The van der Waals surface area contributed by atoms with E-state index in [0.717, 1.165) is 35.4 Å². The number of carboxylic acids is 1. The zero-order chi connectivity index (χ0) is 10.4. The first-order valence-corrected chi connectivity index (χ1v) is 4.73. The Kier molecular flexibility index (Phi) is 1.50.